The second kappa shape index (κ2) is 4.35. The number of hydrogen-bond donors (Lipinski definition) is 0. The molecule has 0 aliphatic rings. The summed E-state index contributed by atoms with van der Waals surface area (Å²) in [6, 6.07) is 14.4. The number of carbonyl (C=O) groups excluding carboxylic acids is 1. The van der Waals surface area contributed by atoms with Gasteiger partial charge < -0.3 is 0 Å². The van der Waals surface area contributed by atoms with Crippen LogP contribution in [0.25, 0.3) is 21.3 Å². The lowest BCUT2D eigenvalue weighted by Gasteiger charge is -2.02. The van der Waals surface area contributed by atoms with Gasteiger partial charge in [-0.2, -0.15) is 0 Å². The molecule has 0 N–H and O–H groups in total. The van der Waals surface area contributed by atoms with Crippen molar-refractivity contribution in [3.8, 4) is 10.6 Å². The van der Waals surface area contributed by atoms with E-state index in [-0.39, 0.29) is 0 Å². The second-order valence-corrected chi connectivity index (χ2v) is 5.14. The first-order chi connectivity index (χ1) is 8.79. The normalized spacial score (nSPS) is 10.7. The highest BCUT2D eigenvalue weighted by atomic mass is 32.1. The Morgan fingerprint density at radius 3 is 2.67 bits per heavy atom. The zero-order valence-electron chi connectivity index (χ0n) is 9.88. The number of thiazole rings is 1. The quantitative estimate of drug-likeness (QED) is 0.644. The second-order valence-electron chi connectivity index (χ2n) is 4.11. The van der Waals surface area contributed by atoms with E-state index in [4.69, 9.17) is 0 Å². The molecule has 0 atom stereocenters. The molecule has 0 fully saturated rings. The summed E-state index contributed by atoms with van der Waals surface area (Å²) in [6.45, 7) is 1.87. The molecule has 2 aromatic carbocycles. The minimum atomic E-state index is 0.706. The van der Waals surface area contributed by atoms with E-state index >= 15 is 0 Å². The fourth-order valence-electron chi connectivity index (χ4n) is 2.04. The van der Waals surface area contributed by atoms with Crippen LogP contribution in [-0.2, 0) is 0 Å². The van der Waals surface area contributed by atoms with Gasteiger partial charge in [0.2, 0.25) is 0 Å². The predicted octanol–water partition coefficient (Wildman–Crippen LogP) is 4.08. The maximum atomic E-state index is 10.9. The highest BCUT2D eigenvalue weighted by Crippen LogP contribution is 2.32. The van der Waals surface area contributed by atoms with Gasteiger partial charge in [-0.15, -0.1) is 11.3 Å². The molecule has 0 radical (unpaired) electrons. The van der Waals surface area contributed by atoms with E-state index in [1.165, 1.54) is 22.1 Å². The van der Waals surface area contributed by atoms with Crippen molar-refractivity contribution in [1.82, 2.24) is 4.98 Å². The molecular weight excluding hydrogens is 242 g/mol. The van der Waals surface area contributed by atoms with E-state index in [0.29, 0.717) is 4.88 Å². The van der Waals surface area contributed by atoms with Gasteiger partial charge >= 0.3 is 0 Å². The molecule has 1 heterocycles. The number of hydrogen-bond acceptors (Lipinski definition) is 3. The summed E-state index contributed by atoms with van der Waals surface area (Å²) in [6.07, 6.45) is 0.877. The van der Waals surface area contributed by atoms with Gasteiger partial charge in [-0.1, -0.05) is 42.5 Å². The van der Waals surface area contributed by atoms with Crippen LogP contribution in [-0.4, -0.2) is 11.3 Å². The van der Waals surface area contributed by atoms with Crippen LogP contribution in [0.5, 0.6) is 0 Å². The van der Waals surface area contributed by atoms with E-state index in [0.717, 1.165) is 22.6 Å². The monoisotopic (exact) mass is 253 g/mol. The molecular formula is C15H11NOS. The largest absolute Gasteiger partial charge is 0.297 e. The van der Waals surface area contributed by atoms with E-state index in [9.17, 15) is 4.79 Å². The smallest absolute Gasteiger partial charge is 0.161 e. The topological polar surface area (TPSA) is 30.0 Å². The van der Waals surface area contributed by atoms with Crippen LogP contribution in [0.3, 0.4) is 0 Å². The lowest BCUT2D eigenvalue weighted by molar-refractivity contribution is 0.112. The molecule has 0 saturated heterocycles. The van der Waals surface area contributed by atoms with Crippen LogP contribution in [0.4, 0.5) is 0 Å². The minimum absolute atomic E-state index is 0.706. The molecule has 3 aromatic rings. The van der Waals surface area contributed by atoms with Crippen molar-refractivity contribution >= 4 is 28.4 Å². The first kappa shape index (κ1) is 11.1. The number of aryl methyl sites for hydroxylation is 1. The summed E-state index contributed by atoms with van der Waals surface area (Å²) in [5.74, 6) is 0. The third-order valence-electron chi connectivity index (χ3n) is 2.96. The number of aldehydes is 1. The van der Waals surface area contributed by atoms with Crippen molar-refractivity contribution in [2.24, 2.45) is 0 Å². The van der Waals surface area contributed by atoms with Gasteiger partial charge in [0.25, 0.3) is 0 Å². The first-order valence-electron chi connectivity index (χ1n) is 5.70. The SMILES string of the molecule is Cc1nc(-c2cccc3ccccc23)sc1C=O. The molecule has 3 heteroatoms. The molecule has 0 saturated carbocycles. The number of rotatable bonds is 2. The molecule has 2 nitrogen and oxygen atoms in total. The van der Waals surface area contributed by atoms with Gasteiger partial charge in [0.1, 0.15) is 5.01 Å². The molecule has 0 spiro atoms. The first-order valence-corrected chi connectivity index (χ1v) is 6.52. The minimum Gasteiger partial charge on any atom is -0.297 e. The maximum Gasteiger partial charge on any atom is 0.161 e. The van der Waals surface area contributed by atoms with Crippen LogP contribution >= 0.6 is 11.3 Å². The van der Waals surface area contributed by atoms with E-state index < -0.39 is 0 Å². The molecule has 88 valence electrons. The summed E-state index contributed by atoms with van der Waals surface area (Å²) in [4.78, 5) is 16.1. The predicted molar refractivity (Wildman–Crippen MR) is 75.2 cm³/mol. The van der Waals surface area contributed by atoms with Gasteiger partial charge in [0, 0.05) is 5.56 Å². The highest BCUT2D eigenvalue weighted by Gasteiger charge is 2.10. The van der Waals surface area contributed by atoms with Crippen LogP contribution in [0.1, 0.15) is 15.4 Å². The van der Waals surface area contributed by atoms with Crippen molar-refractivity contribution in [2.45, 2.75) is 6.92 Å². The van der Waals surface area contributed by atoms with Gasteiger partial charge in [0.05, 0.1) is 10.6 Å². The van der Waals surface area contributed by atoms with Crippen molar-refractivity contribution in [1.29, 1.82) is 0 Å². The Morgan fingerprint density at radius 2 is 1.89 bits per heavy atom. The zero-order valence-corrected chi connectivity index (χ0v) is 10.7. The summed E-state index contributed by atoms with van der Waals surface area (Å²) < 4.78 is 0. The molecule has 0 aliphatic carbocycles. The van der Waals surface area contributed by atoms with Crippen molar-refractivity contribution in [3.05, 3.63) is 53.0 Å². The summed E-state index contributed by atoms with van der Waals surface area (Å²) in [5.41, 5.74) is 1.90. The lowest BCUT2D eigenvalue weighted by Crippen LogP contribution is -1.81. The number of aromatic nitrogens is 1. The van der Waals surface area contributed by atoms with Crippen LogP contribution in [0.15, 0.2) is 42.5 Å². The summed E-state index contributed by atoms with van der Waals surface area (Å²) in [5, 5.41) is 3.27. The molecule has 0 amide bonds. The molecule has 1 aromatic heterocycles. The third kappa shape index (κ3) is 1.73. The Balaban J connectivity index is 2.27. The van der Waals surface area contributed by atoms with Gasteiger partial charge in [-0.25, -0.2) is 4.98 Å². The number of nitrogens with zero attached hydrogens (tertiary/aromatic N) is 1. The Morgan fingerprint density at radius 1 is 1.11 bits per heavy atom. The van der Waals surface area contributed by atoms with Gasteiger partial charge in [-0.05, 0) is 17.7 Å². The van der Waals surface area contributed by atoms with Crippen LogP contribution in [0, 0.1) is 6.92 Å². The Hall–Kier alpha value is -2.00. The zero-order chi connectivity index (χ0) is 12.5. The Kier molecular flexibility index (Phi) is 2.68. The average Bonchev–Trinajstić information content (AvgIpc) is 2.79. The fraction of sp³-hybridized carbons (Fsp3) is 0.0667. The van der Waals surface area contributed by atoms with Gasteiger partial charge in [0.15, 0.2) is 6.29 Å². The van der Waals surface area contributed by atoms with E-state index in [2.05, 4.69) is 29.2 Å². The number of benzene rings is 2. The third-order valence-corrected chi connectivity index (χ3v) is 4.08. The maximum absolute atomic E-state index is 10.9. The van der Waals surface area contributed by atoms with Crippen molar-refractivity contribution < 1.29 is 4.79 Å². The molecule has 0 bridgehead atoms. The summed E-state index contributed by atoms with van der Waals surface area (Å²) >= 11 is 1.45. The lowest BCUT2D eigenvalue weighted by atomic mass is 10.1. The standard InChI is InChI=1S/C15H11NOS/c1-10-14(9-17)18-15(16-10)13-8-4-6-11-5-2-3-7-12(11)13/h2-9H,1H3. The van der Waals surface area contributed by atoms with E-state index in [1.54, 1.807) is 0 Å². The molecule has 0 aliphatic heterocycles. The molecule has 3 rings (SSSR count). The fourth-order valence-corrected chi connectivity index (χ4v) is 2.96. The van der Waals surface area contributed by atoms with E-state index in [1.807, 2.05) is 25.1 Å². The Labute approximate surface area is 109 Å². The Bertz CT molecular complexity index is 725. The van der Waals surface area contributed by atoms with Crippen LogP contribution in [0.2, 0.25) is 0 Å². The van der Waals surface area contributed by atoms with Crippen molar-refractivity contribution in [2.75, 3.05) is 0 Å². The van der Waals surface area contributed by atoms with Crippen molar-refractivity contribution in [3.63, 3.8) is 0 Å². The molecule has 18 heavy (non-hydrogen) atoms. The van der Waals surface area contributed by atoms with Gasteiger partial charge in [-0.3, -0.25) is 4.79 Å². The highest BCUT2D eigenvalue weighted by molar-refractivity contribution is 7.16. The van der Waals surface area contributed by atoms with Crippen LogP contribution < -0.4 is 0 Å². The summed E-state index contributed by atoms with van der Waals surface area (Å²) in [7, 11) is 0. The number of carbonyl (C=O) groups is 1. The molecule has 0 unspecified atom stereocenters. The average molecular weight is 253 g/mol. The number of fused-ring (bicyclic) bond motifs is 1.